The van der Waals surface area contributed by atoms with Crippen LogP contribution in [0.15, 0.2) is 48.5 Å². The Labute approximate surface area is 445 Å². The van der Waals surface area contributed by atoms with Crippen molar-refractivity contribution in [3.63, 3.8) is 0 Å². The number of aliphatic hydroxyl groups is 6. The second-order valence-corrected chi connectivity index (χ2v) is 19.8. The summed E-state index contributed by atoms with van der Waals surface area (Å²) in [6, 6.07) is 13.9. The van der Waals surface area contributed by atoms with Crippen LogP contribution in [0.2, 0.25) is 0 Å². The molecule has 0 aromatic heterocycles. The molecule has 0 radical (unpaired) electrons. The van der Waals surface area contributed by atoms with E-state index in [-0.39, 0.29) is 114 Å². The third-order valence-electron chi connectivity index (χ3n) is 13.8. The van der Waals surface area contributed by atoms with E-state index in [1.807, 2.05) is 48.5 Å². The van der Waals surface area contributed by atoms with Crippen LogP contribution in [0.4, 0.5) is 4.79 Å². The van der Waals surface area contributed by atoms with Gasteiger partial charge in [0.1, 0.15) is 66.6 Å². The number of nitrogens with one attached hydrogen (secondary N) is 2. The number of alkyl carbamates (subject to hydrolysis) is 1. The molecule has 2 aromatic rings. The van der Waals surface area contributed by atoms with E-state index in [1.165, 1.54) is 18.7 Å². The Hall–Kier alpha value is -5.64. The predicted octanol–water partition coefficient (Wildman–Crippen LogP) is 0.216. The number of hydrogen-bond acceptors (Lipinski definition) is 21. The fraction of sp³-hybridized carbons (Fsp3) is 0.623. The van der Waals surface area contributed by atoms with Crippen molar-refractivity contribution in [3.8, 4) is 11.1 Å². The van der Waals surface area contributed by atoms with Gasteiger partial charge in [0.2, 0.25) is 5.91 Å². The van der Waals surface area contributed by atoms with Crippen molar-refractivity contribution in [2.45, 2.75) is 164 Å². The maximum absolute atomic E-state index is 13.2. The van der Waals surface area contributed by atoms with Gasteiger partial charge in [-0.15, -0.1) is 5.06 Å². The van der Waals surface area contributed by atoms with E-state index in [0.29, 0.717) is 30.7 Å². The van der Waals surface area contributed by atoms with E-state index in [2.05, 4.69) is 10.6 Å². The molecular formula is C53H72N4O20. The highest BCUT2D eigenvalue weighted by Gasteiger charge is 2.44. The molecule has 3 aliphatic heterocycles. The molecular weight excluding hydrogens is 1010 g/mol. The summed E-state index contributed by atoms with van der Waals surface area (Å²) in [4.78, 5) is 110. The van der Waals surface area contributed by atoms with Crippen LogP contribution >= 0.6 is 0 Å². The van der Waals surface area contributed by atoms with Crippen molar-refractivity contribution in [1.82, 2.24) is 20.6 Å². The lowest BCUT2D eigenvalue weighted by molar-refractivity contribution is -0.293. The number of hydroxylamine groups is 2. The minimum Gasteiger partial charge on any atom is -0.449 e. The summed E-state index contributed by atoms with van der Waals surface area (Å²) in [5, 5.41) is 65.7. The third kappa shape index (κ3) is 17.2. The fourth-order valence-corrected chi connectivity index (χ4v) is 9.45. The Bertz CT molecular complexity index is 2250. The van der Waals surface area contributed by atoms with Gasteiger partial charge >= 0.3 is 12.1 Å². The number of ketones is 3. The Morgan fingerprint density at radius 2 is 1.08 bits per heavy atom. The molecule has 1 aliphatic carbocycles. The van der Waals surface area contributed by atoms with Crippen LogP contribution in [0.1, 0.15) is 108 Å². The maximum Gasteiger partial charge on any atom is 0.407 e. The van der Waals surface area contributed by atoms with Crippen molar-refractivity contribution in [2.24, 2.45) is 0 Å². The van der Waals surface area contributed by atoms with Crippen LogP contribution in [0.25, 0.3) is 11.1 Å². The van der Waals surface area contributed by atoms with E-state index >= 15 is 0 Å². The molecule has 0 spiro atoms. The maximum atomic E-state index is 13.2. The SMILES string of the molecule is C[C@@H]1O[C@@H](OCCCC(=O)CN(CC(=O)CCCCCCC(=O)NC[C@H](NC(=O)OCC2c3ccccc3-c3ccccc32)C(=O)ON2C(=O)CCC2=O)CC(=O)CCCO[C@@H]2O[C@@H](C)[C@@H](O)[C@@H](O)[C@@H]2O)[C@@H](O)[C@H](O)[C@@H]1O. The molecule has 4 aliphatic rings. The molecule has 3 saturated heterocycles. The summed E-state index contributed by atoms with van der Waals surface area (Å²) in [5.41, 5.74) is 3.93. The molecule has 6 rings (SSSR count). The van der Waals surface area contributed by atoms with Crippen LogP contribution < -0.4 is 10.6 Å². The van der Waals surface area contributed by atoms with Gasteiger partial charge in [-0.05, 0) is 61.8 Å². The Morgan fingerprint density at radius 1 is 0.623 bits per heavy atom. The van der Waals surface area contributed by atoms with Gasteiger partial charge in [-0.25, -0.2) is 9.59 Å². The van der Waals surface area contributed by atoms with Crippen LogP contribution in [0, 0.1) is 0 Å². The van der Waals surface area contributed by atoms with Gasteiger partial charge in [-0.1, -0.05) is 61.4 Å². The molecule has 0 saturated carbocycles. The topological polar surface area (TPSA) is 344 Å². The molecule has 424 valence electrons. The van der Waals surface area contributed by atoms with Crippen molar-refractivity contribution in [3.05, 3.63) is 59.7 Å². The molecule has 0 bridgehead atoms. The van der Waals surface area contributed by atoms with Crippen LogP contribution in [0.5, 0.6) is 0 Å². The zero-order valence-corrected chi connectivity index (χ0v) is 43.3. The van der Waals surface area contributed by atoms with Crippen molar-refractivity contribution in [1.29, 1.82) is 0 Å². The van der Waals surface area contributed by atoms with Crippen LogP contribution in [0.3, 0.4) is 0 Å². The van der Waals surface area contributed by atoms with Gasteiger partial charge in [0.05, 0.1) is 45.1 Å². The number of hydrogen-bond donors (Lipinski definition) is 8. The van der Waals surface area contributed by atoms with Gasteiger partial charge < -0.3 is 69.8 Å². The zero-order chi connectivity index (χ0) is 55.8. The van der Waals surface area contributed by atoms with E-state index in [0.717, 1.165) is 22.3 Å². The minimum atomic E-state index is -1.55. The van der Waals surface area contributed by atoms with Gasteiger partial charge in [-0.2, -0.15) is 0 Å². The lowest BCUT2D eigenvalue weighted by Gasteiger charge is -2.38. The lowest BCUT2D eigenvalue weighted by atomic mass is 9.98. The molecule has 77 heavy (non-hydrogen) atoms. The van der Waals surface area contributed by atoms with Gasteiger partial charge in [0, 0.05) is 51.0 Å². The smallest absolute Gasteiger partial charge is 0.407 e. The largest absolute Gasteiger partial charge is 0.449 e. The average molecular weight is 1090 g/mol. The number of benzene rings is 2. The third-order valence-corrected chi connectivity index (χ3v) is 13.8. The van der Waals surface area contributed by atoms with Crippen LogP contribution in [-0.2, 0) is 62.1 Å². The van der Waals surface area contributed by atoms with Crippen LogP contribution in [-0.4, -0.2) is 201 Å². The second-order valence-electron chi connectivity index (χ2n) is 19.8. The van der Waals surface area contributed by atoms with Gasteiger partial charge in [-0.3, -0.25) is 33.7 Å². The normalized spacial score (nSPS) is 25.5. The number of Topliss-reactive ketones (excluding diaryl/α,β-unsaturated/α-hetero) is 3. The number of amides is 4. The van der Waals surface area contributed by atoms with Gasteiger partial charge in [0.15, 0.2) is 12.6 Å². The van der Waals surface area contributed by atoms with Crippen molar-refractivity contribution >= 4 is 47.1 Å². The summed E-state index contributed by atoms with van der Waals surface area (Å²) >= 11 is 0. The van der Waals surface area contributed by atoms with E-state index in [9.17, 15) is 69.0 Å². The molecule has 0 unspecified atom stereocenters. The summed E-state index contributed by atoms with van der Waals surface area (Å²) in [5.74, 6) is -4.27. The molecule has 2 aromatic carbocycles. The summed E-state index contributed by atoms with van der Waals surface area (Å²) in [6.45, 7) is 1.68. The molecule has 24 heteroatoms. The highest BCUT2D eigenvalue weighted by molar-refractivity contribution is 6.02. The number of carbonyl (C=O) groups is 8. The summed E-state index contributed by atoms with van der Waals surface area (Å²) < 4.78 is 27.5. The van der Waals surface area contributed by atoms with Crippen molar-refractivity contribution < 1.29 is 97.5 Å². The number of ether oxygens (including phenoxy) is 5. The average Bonchev–Trinajstić information content (AvgIpc) is 3.91. The molecule has 4 amide bonds. The summed E-state index contributed by atoms with van der Waals surface area (Å²) in [7, 11) is 0. The monoisotopic (exact) mass is 1080 g/mol. The standard InChI is InChI=1S/C53H72N4O20/c1-30-44(64)46(66)48(68)51(75-30)72-23-11-14-33(59)27-56(28-34(60)15-12-24-73-52-49(69)47(67)45(65)31(2)76-52)26-32(58)13-5-3-4-6-20-41(61)54-25-40(50(70)77-57-42(62)21-22-43(57)63)55-53(71)74-29-39-37-18-9-7-16-35(37)36-17-8-10-19-38(36)39/h7-10,16-19,30-31,39-40,44-49,51-52,64-69H,3-6,11-15,20-29H2,1-2H3,(H,54,61)(H,55,71)/t30-,31-,40-,44+,45+,46+,47+,48-,49-,51+,52+/m0/s1. The Kier molecular flexibility index (Phi) is 23.1. The highest BCUT2D eigenvalue weighted by atomic mass is 16.7. The lowest BCUT2D eigenvalue weighted by Crippen LogP contribution is -2.57. The quantitative estimate of drug-likeness (QED) is 0.0383. The highest BCUT2D eigenvalue weighted by Crippen LogP contribution is 2.44. The van der Waals surface area contributed by atoms with Gasteiger partial charge in [0.25, 0.3) is 11.8 Å². The molecule has 3 fully saturated rings. The molecule has 3 heterocycles. The molecule has 11 atom stereocenters. The summed E-state index contributed by atoms with van der Waals surface area (Å²) in [6.07, 6.45) is -11.7. The van der Waals surface area contributed by atoms with Crippen molar-refractivity contribution in [2.75, 3.05) is 46.0 Å². The molecule has 24 nitrogen and oxygen atoms in total. The number of fused-ring (bicyclic) bond motifs is 3. The van der Waals surface area contributed by atoms with E-state index < -0.39 is 104 Å². The predicted molar refractivity (Wildman–Crippen MR) is 266 cm³/mol. The fourth-order valence-electron chi connectivity index (χ4n) is 9.45. The minimum absolute atomic E-state index is 0.00869. The number of rotatable bonds is 30. The first kappa shape index (κ1) is 60.6. The molecule has 8 N–H and O–H groups in total. The van der Waals surface area contributed by atoms with E-state index in [1.54, 1.807) is 0 Å². The number of nitrogens with zero attached hydrogens (tertiary/aromatic N) is 2. The number of aliphatic hydroxyl groups excluding tert-OH is 6. The second kappa shape index (κ2) is 29.4. The Balaban J connectivity index is 0.929. The first-order chi connectivity index (χ1) is 36.8. The first-order valence-electron chi connectivity index (χ1n) is 26.2. The number of unbranched alkanes of at least 4 members (excludes halogenated alkanes) is 3. The van der Waals surface area contributed by atoms with E-state index in [4.69, 9.17) is 28.5 Å². The first-order valence-corrected chi connectivity index (χ1v) is 26.2. The number of carbonyl (C=O) groups excluding carboxylic acids is 8. The zero-order valence-electron chi connectivity index (χ0n) is 43.3. The Morgan fingerprint density at radius 3 is 1.57 bits per heavy atom. The number of imide groups is 1.